The first-order valence-corrected chi connectivity index (χ1v) is 6.39. The summed E-state index contributed by atoms with van der Waals surface area (Å²) in [6, 6.07) is 4.01. The summed E-state index contributed by atoms with van der Waals surface area (Å²) in [4.78, 5) is 6.45. The lowest BCUT2D eigenvalue weighted by molar-refractivity contribution is 0.602. The van der Waals surface area contributed by atoms with E-state index in [1.54, 1.807) is 6.20 Å². The molecule has 86 valence electrons. The maximum absolute atomic E-state index is 4.49. The average molecular weight is 283 g/mol. The summed E-state index contributed by atoms with van der Waals surface area (Å²) in [6.07, 6.45) is 3.03. The zero-order valence-electron chi connectivity index (χ0n) is 9.52. The predicted molar refractivity (Wildman–Crippen MR) is 68.9 cm³/mol. The molecule has 0 aromatic carbocycles. The van der Waals surface area contributed by atoms with Crippen molar-refractivity contribution >= 4 is 27.4 Å². The molecule has 1 aliphatic rings. The smallest absolute Gasteiger partial charge is 0.154 e. The number of nitrogens with zero attached hydrogens (tertiary/aromatic N) is 4. The van der Waals surface area contributed by atoms with Gasteiger partial charge in [0.1, 0.15) is 10.4 Å². The molecule has 0 aliphatic carbocycles. The number of halogens is 1. The first kappa shape index (κ1) is 11.4. The molecule has 0 N–H and O–H groups in total. The highest BCUT2D eigenvalue weighted by Gasteiger charge is 2.16. The molecule has 0 saturated carbocycles. The molecular weight excluding hydrogens is 268 g/mol. The van der Waals surface area contributed by atoms with Gasteiger partial charge >= 0.3 is 0 Å². The first-order chi connectivity index (χ1) is 7.84. The van der Waals surface area contributed by atoms with Crippen molar-refractivity contribution in [1.82, 2.24) is 14.6 Å². The predicted octanol–water partition coefficient (Wildman–Crippen LogP) is 2.73. The van der Waals surface area contributed by atoms with Crippen molar-refractivity contribution in [3.05, 3.63) is 22.9 Å². The van der Waals surface area contributed by atoms with E-state index in [1.807, 2.05) is 30.5 Å². The summed E-state index contributed by atoms with van der Waals surface area (Å²) in [7, 11) is 0. The van der Waals surface area contributed by atoms with Crippen LogP contribution in [0.2, 0.25) is 0 Å². The van der Waals surface area contributed by atoms with Gasteiger partial charge in [0, 0.05) is 13.1 Å². The molecule has 3 heterocycles. The van der Waals surface area contributed by atoms with E-state index in [4.69, 9.17) is 0 Å². The third kappa shape index (κ3) is 1.91. The maximum atomic E-state index is 4.49. The van der Waals surface area contributed by atoms with Crippen molar-refractivity contribution < 1.29 is 0 Å². The number of fused-ring (bicyclic) bond motifs is 1. The van der Waals surface area contributed by atoms with Crippen molar-refractivity contribution in [3.63, 3.8) is 0 Å². The Balaban J connectivity index is 0.000000457. The lowest BCUT2D eigenvalue weighted by Gasteiger charge is -2.31. The van der Waals surface area contributed by atoms with Crippen molar-refractivity contribution in [3.8, 4) is 0 Å². The molecule has 0 bridgehead atoms. The lowest BCUT2D eigenvalue weighted by atomic mass is 10.2. The highest BCUT2D eigenvalue weighted by Crippen LogP contribution is 2.19. The summed E-state index contributed by atoms with van der Waals surface area (Å²) >= 11 is 3.41. The topological polar surface area (TPSA) is 33.4 Å². The van der Waals surface area contributed by atoms with Crippen LogP contribution in [0.15, 0.2) is 22.9 Å². The van der Waals surface area contributed by atoms with Gasteiger partial charge < -0.3 is 4.90 Å². The molecular formula is C11H15BrN4. The second kappa shape index (κ2) is 4.82. The van der Waals surface area contributed by atoms with Gasteiger partial charge in [-0.25, -0.2) is 9.50 Å². The van der Waals surface area contributed by atoms with E-state index in [0.29, 0.717) is 0 Å². The fourth-order valence-electron chi connectivity index (χ4n) is 1.55. The number of hydrogen-bond acceptors (Lipinski definition) is 3. The molecule has 0 spiro atoms. The van der Waals surface area contributed by atoms with Crippen LogP contribution in [-0.2, 0) is 0 Å². The van der Waals surface area contributed by atoms with E-state index in [1.165, 1.54) is 6.42 Å². The van der Waals surface area contributed by atoms with Gasteiger partial charge in [-0.05, 0) is 34.5 Å². The van der Waals surface area contributed by atoms with E-state index < -0.39 is 0 Å². The first-order valence-electron chi connectivity index (χ1n) is 5.60. The third-order valence-corrected chi connectivity index (χ3v) is 3.03. The molecule has 0 amide bonds. The average Bonchev–Trinajstić information content (AvgIpc) is 2.61. The van der Waals surface area contributed by atoms with E-state index in [0.717, 1.165) is 29.2 Å². The third-order valence-electron chi connectivity index (χ3n) is 2.49. The molecule has 2 aromatic rings. The summed E-state index contributed by atoms with van der Waals surface area (Å²) in [5, 5.41) is 4.49. The van der Waals surface area contributed by atoms with Crippen LogP contribution in [0, 0.1) is 0 Å². The Hall–Kier alpha value is -1.10. The second-order valence-corrected chi connectivity index (χ2v) is 4.20. The van der Waals surface area contributed by atoms with Gasteiger partial charge in [-0.3, -0.25) is 0 Å². The number of rotatable bonds is 1. The van der Waals surface area contributed by atoms with E-state index in [2.05, 4.69) is 30.9 Å². The van der Waals surface area contributed by atoms with E-state index in [-0.39, 0.29) is 0 Å². The Bertz CT molecular complexity index is 476. The fourth-order valence-corrected chi connectivity index (χ4v) is 1.91. The SMILES string of the molecule is Brc1cnc2ccc(N3CCC3)nn12.CC. The van der Waals surface area contributed by atoms with Gasteiger partial charge in [0.2, 0.25) is 0 Å². The Labute approximate surface area is 103 Å². The Morgan fingerprint density at radius 3 is 2.62 bits per heavy atom. The van der Waals surface area contributed by atoms with Crippen LogP contribution in [-0.4, -0.2) is 27.7 Å². The highest BCUT2D eigenvalue weighted by atomic mass is 79.9. The van der Waals surface area contributed by atoms with Crippen LogP contribution in [0.1, 0.15) is 20.3 Å². The molecule has 0 unspecified atom stereocenters. The summed E-state index contributed by atoms with van der Waals surface area (Å²) in [5.74, 6) is 1.03. The van der Waals surface area contributed by atoms with Crippen LogP contribution in [0.25, 0.3) is 5.65 Å². The highest BCUT2D eigenvalue weighted by molar-refractivity contribution is 9.10. The molecule has 4 nitrogen and oxygen atoms in total. The van der Waals surface area contributed by atoms with Gasteiger partial charge in [-0.2, -0.15) is 0 Å². The molecule has 0 radical (unpaired) electrons. The van der Waals surface area contributed by atoms with Gasteiger partial charge in [0.25, 0.3) is 0 Å². The zero-order chi connectivity index (χ0) is 11.5. The van der Waals surface area contributed by atoms with Gasteiger partial charge in [-0.15, -0.1) is 5.10 Å². The normalized spacial score (nSPS) is 14.3. The molecule has 1 aliphatic heterocycles. The van der Waals surface area contributed by atoms with Crippen molar-refractivity contribution in [2.45, 2.75) is 20.3 Å². The quantitative estimate of drug-likeness (QED) is 0.807. The largest absolute Gasteiger partial charge is 0.355 e. The molecule has 1 saturated heterocycles. The number of hydrogen-bond donors (Lipinski definition) is 0. The van der Waals surface area contributed by atoms with Crippen molar-refractivity contribution in [2.24, 2.45) is 0 Å². The van der Waals surface area contributed by atoms with Crippen LogP contribution in [0.5, 0.6) is 0 Å². The van der Waals surface area contributed by atoms with Crippen LogP contribution in [0.4, 0.5) is 5.82 Å². The lowest BCUT2D eigenvalue weighted by Crippen LogP contribution is -2.37. The minimum absolute atomic E-state index is 0.876. The zero-order valence-corrected chi connectivity index (χ0v) is 11.1. The van der Waals surface area contributed by atoms with E-state index >= 15 is 0 Å². The van der Waals surface area contributed by atoms with E-state index in [9.17, 15) is 0 Å². The van der Waals surface area contributed by atoms with Crippen LogP contribution >= 0.6 is 15.9 Å². The van der Waals surface area contributed by atoms with Gasteiger partial charge in [0.15, 0.2) is 5.65 Å². The van der Waals surface area contributed by atoms with Crippen LogP contribution in [0.3, 0.4) is 0 Å². The van der Waals surface area contributed by atoms with Gasteiger partial charge in [0.05, 0.1) is 6.20 Å². The fraction of sp³-hybridized carbons (Fsp3) is 0.455. The van der Waals surface area contributed by atoms with Crippen LogP contribution < -0.4 is 4.90 Å². The molecule has 2 aromatic heterocycles. The molecule has 3 rings (SSSR count). The summed E-state index contributed by atoms with van der Waals surface area (Å²) in [5.41, 5.74) is 0.876. The molecule has 5 heteroatoms. The van der Waals surface area contributed by atoms with Crippen molar-refractivity contribution in [1.29, 1.82) is 0 Å². The van der Waals surface area contributed by atoms with Crippen molar-refractivity contribution in [2.75, 3.05) is 18.0 Å². The summed E-state index contributed by atoms with van der Waals surface area (Å²) in [6.45, 7) is 6.23. The number of aromatic nitrogens is 3. The molecule has 1 fully saturated rings. The standard InChI is InChI=1S/C9H9BrN4.C2H6/c10-7-6-11-8-2-3-9(12-14(7)8)13-4-1-5-13;1-2/h2-3,6H,1,4-5H2;1-2H3. The number of anilines is 1. The second-order valence-electron chi connectivity index (χ2n) is 3.38. The number of imidazole rings is 1. The van der Waals surface area contributed by atoms with Gasteiger partial charge in [-0.1, -0.05) is 13.8 Å². The Morgan fingerprint density at radius 1 is 1.25 bits per heavy atom. The minimum atomic E-state index is 0.876. The molecule has 16 heavy (non-hydrogen) atoms. The Kier molecular flexibility index (Phi) is 3.43. The monoisotopic (exact) mass is 282 g/mol. The minimum Gasteiger partial charge on any atom is -0.355 e. The summed E-state index contributed by atoms with van der Waals surface area (Å²) < 4.78 is 2.71. The maximum Gasteiger partial charge on any atom is 0.154 e. The Morgan fingerprint density at radius 2 is 2.00 bits per heavy atom. The molecule has 0 atom stereocenters.